The van der Waals surface area contributed by atoms with Crippen molar-refractivity contribution in [1.29, 1.82) is 0 Å². The second kappa shape index (κ2) is 4.59. The van der Waals surface area contributed by atoms with E-state index in [1.54, 1.807) is 7.11 Å². The summed E-state index contributed by atoms with van der Waals surface area (Å²) in [6.45, 7) is 0.494. The van der Waals surface area contributed by atoms with Gasteiger partial charge >= 0.3 is 0 Å². The summed E-state index contributed by atoms with van der Waals surface area (Å²) in [4.78, 5) is 0. The molecule has 0 saturated carbocycles. The van der Waals surface area contributed by atoms with Crippen LogP contribution >= 0.6 is 0 Å². The van der Waals surface area contributed by atoms with Crippen LogP contribution in [0.5, 0.6) is 0 Å². The lowest BCUT2D eigenvalue weighted by Crippen LogP contribution is -2.28. The summed E-state index contributed by atoms with van der Waals surface area (Å²) in [6.07, 6.45) is 1.04. The second-order valence-electron chi connectivity index (χ2n) is 4.77. The van der Waals surface area contributed by atoms with Crippen LogP contribution in [-0.4, -0.2) is 7.11 Å². The highest BCUT2D eigenvalue weighted by molar-refractivity contribution is 5.42. The molecule has 0 bridgehead atoms. The Labute approximate surface area is 107 Å². The molecular formula is C15H17NO2. The van der Waals surface area contributed by atoms with E-state index in [2.05, 4.69) is 24.3 Å². The third kappa shape index (κ3) is 1.85. The Hall–Kier alpha value is -1.58. The fraction of sp³-hybridized carbons (Fsp3) is 0.333. The second-order valence-corrected chi connectivity index (χ2v) is 4.77. The van der Waals surface area contributed by atoms with Crippen LogP contribution in [0.15, 0.2) is 40.8 Å². The van der Waals surface area contributed by atoms with Crippen molar-refractivity contribution < 1.29 is 9.15 Å². The molecule has 1 aliphatic carbocycles. The van der Waals surface area contributed by atoms with Crippen molar-refractivity contribution in [2.24, 2.45) is 5.73 Å². The molecule has 1 aromatic heterocycles. The molecule has 2 unspecified atom stereocenters. The van der Waals surface area contributed by atoms with Crippen LogP contribution in [-0.2, 0) is 17.8 Å². The van der Waals surface area contributed by atoms with Gasteiger partial charge in [-0.2, -0.15) is 0 Å². The van der Waals surface area contributed by atoms with Crippen molar-refractivity contribution in [2.75, 3.05) is 7.11 Å². The highest BCUT2D eigenvalue weighted by Crippen LogP contribution is 2.42. The smallest absolute Gasteiger partial charge is 0.129 e. The van der Waals surface area contributed by atoms with Gasteiger partial charge < -0.3 is 14.9 Å². The zero-order chi connectivity index (χ0) is 12.5. The molecule has 0 spiro atoms. The number of benzene rings is 1. The van der Waals surface area contributed by atoms with Crippen LogP contribution in [0.4, 0.5) is 0 Å². The summed E-state index contributed by atoms with van der Waals surface area (Å²) in [5, 5.41) is 0. The van der Waals surface area contributed by atoms with Gasteiger partial charge in [-0.3, -0.25) is 0 Å². The van der Waals surface area contributed by atoms with E-state index in [-0.39, 0.29) is 6.04 Å². The zero-order valence-corrected chi connectivity index (χ0v) is 10.4. The summed E-state index contributed by atoms with van der Waals surface area (Å²) >= 11 is 0. The fourth-order valence-corrected chi connectivity index (χ4v) is 2.61. The maximum atomic E-state index is 6.29. The van der Waals surface area contributed by atoms with E-state index in [4.69, 9.17) is 14.9 Å². The first-order valence-electron chi connectivity index (χ1n) is 6.20. The van der Waals surface area contributed by atoms with Gasteiger partial charge in [-0.25, -0.2) is 0 Å². The van der Waals surface area contributed by atoms with Gasteiger partial charge in [0.05, 0.1) is 6.04 Å². The summed E-state index contributed by atoms with van der Waals surface area (Å²) in [6, 6.07) is 12.3. The number of furan rings is 1. The highest BCUT2D eigenvalue weighted by atomic mass is 16.5. The molecule has 3 rings (SSSR count). The van der Waals surface area contributed by atoms with Gasteiger partial charge in [0.1, 0.15) is 18.1 Å². The minimum atomic E-state index is -0.0643. The minimum absolute atomic E-state index is 0.0643. The molecule has 0 radical (unpaired) electrons. The summed E-state index contributed by atoms with van der Waals surface area (Å²) < 4.78 is 10.8. The number of nitrogens with two attached hydrogens (primary N) is 1. The molecule has 0 aliphatic heterocycles. The van der Waals surface area contributed by atoms with E-state index in [0.29, 0.717) is 12.5 Å². The first-order valence-corrected chi connectivity index (χ1v) is 6.20. The number of rotatable bonds is 4. The Morgan fingerprint density at radius 1 is 1.33 bits per heavy atom. The third-order valence-corrected chi connectivity index (χ3v) is 3.63. The zero-order valence-electron chi connectivity index (χ0n) is 10.4. The van der Waals surface area contributed by atoms with E-state index < -0.39 is 0 Å². The Kier molecular flexibility index (Phi) is 2.94. The molecule has 0 amide bonds. The maximum absolute atomic E-state index is 6.29. The molecule has 0 saturated heterocycles. The summed E-state index contributed by atoms with van der Waals surface area (Å²) in [5.74, 6) is 2.06. The largest absolute Gasteiger partial charge is 0.462 e. The molecule has 1 aliphatic rings. The predicted octanol–water partition coefficient (Wildman–Crippen LogP) is 2.77. The monoisotopic (exact) mass is 243 g/mol. The SMILES string of the molecule is COCc1ccc(C(N)C2Cc3ccccc32)o1. The van der Waals surface area contributed by atoms with E-state index in [9.17, 15) is 0 Å². The van der Waals surface area contributed by atoms with Gasteiger partial charge in [0.25, 0.3) is 0 Å². The average Bonchev–Trinajstić information content (AvgIpc) is 2.80. The van der Waals surface area contributed by atoms with Crippen molar-refractivity contribution in [3.05, 3.63) is 59.0 Å². The molecule has 18 heavy (non-hydrogen) atoms. The normalized spacial score (nSPS) is 19.1. The van der Waals surface area contributed by atoms with Crippen LogP contribution in [0.2, 0.25) is 0 Å². The van der Waals surface area contributed by atoms with E-state index in [0.717, 1.165) is 17.9 Å². The lowest BCUT2D eigenvalue weighted by Gasteiger charge is -2.33. The molecule has 94 valence electrons. The van der Waals surface area contributed by atoms with Crippen molar-refractivity contribution >= 4 is 0 Å². The van der Waals surface area contributed by atoms with Gasteiger partial charge in [0.2, 0.25) is 0 Å². The molecule has 0 fully saturated rings. The molecule has 3 nitrogen and oxygen atoms in total. The molecule has 2 aromatic rings. The van der Waals surface area contributed by atoms with Crippen molar-refractivity contribution in [1.82, 2.24) is 0 Å². The van der Waals surface area contributed by atoms with Gasteiger partial charge in [-0.1, -0.05) is 24.3 Å². The average molecular weight is 243 g/mol. The van der Waals surface area contributed by atoms with E-state index >= 15 is 0 Å². The maximum Gasteiger partial charge on any atom is 0.129 e. The molecule has 2 N–H and O–H groups in total. The van der Waals surface area contributed by atoms with Crippen LogP contribution in [0.3, 0.4) is 0 Å². The van der Waals surface area contributed by atoms with Crippen molar-refractivity contribution in [3.63, 3.8) is 0 Å². The predicted molar refractivity (Wildman–Crippen MR) is 69.2 cm³/mol. The minimum Gasteiger partial charge on any atom is -0.462 e. The quantitative estimate of drug-likeness (QED) is 0.898. The number of ether oxygens (including phenoxy) is 1. The van der Waals surface area contributed by atoms with E-state index in [1.807, 2.05) is 12.1 Å². The van der Waals surface area contributed by atoms with Gasteiger partial charge in [-0.05, 0) is 29.7 Å². The fourth-order valence-electron chi connectivity index (χ4n) is 2.61. The summed E-state index contributed by atoms with van der Waals surface area (Å²) in [5.41, 5.74) is 9.05. The number of methoxy groups -OCH3 is 1. The standard InChI is InChI=1S/C15H17NO2/c1-17-9-11-6-7-14(18-11)15(16)13-8-10-4-2-3-5-12(10)13/h2-7,13,15H,8-9,16H2,1H3. The van der Waals surface area contributed by atoms with Gasteiger partial charge in [0, 0.05) is 13.0 Å². The molecule has 3 heteroatoms. The Morgan fingerprint density at radius 3 is 2.94 bits per heavy atom. The number of hydrogen-bond donors (Lipinski definition) is 1. The Morgan fingerprint density at radius 2 is 2.17 bits per heavy atom. The van der Waals surface area contributed by atoms with Gasteiger partial charge in [0.15, 0.2) is 0 Å². The lowest BCUT2D eigenvalue weighted by atomic mass is 9.73. The van der Waals surface area contributed by atoms with Crippen LogP contribution in [0.1, 0.15) is 34.6 Å². The Balaban J connectivity index is 1.78. The number of fused-ring (bicyclic) bond motifs is 1. The molecule has 1 heterocycles. The Bertz CT molecular complexity index is 547. The highest BCUT2D eigenvalue weighted by Gasteiger charge is 2.32. The van der Waals surface area contributed by atoms with Crippen LogP contribution in [0, 0.1) is 0 Å². The molecular weight excluding hydrogens is 226 g/mol. The molecule has 1 aromatic carbocycles. The van der Waals surface area contributed by atoms with Crippen molar-refractivity contribution in [2.45, 2.75) is 25.0 Å². The lowest BCUT2D eigenvalue weighted by molar-refractivity contribution is 0.161. The van der Waals surface area contributed by atoms with Crippen molar-refractivity contribution in [3.8, 4) is 0 Å². The first kappa shape index (κ1) is 11.5. The van der Waals surface area contributed by atoms with Crippen LogP contribution in [0.25, 0.3) is 0 Å². The first-order chi connectivity index (χ1) is 8.79. The topological polar surface area (TPSA) is 48.4 Å². The van der Waals surface area contributed by atoms with Crippen LogP contribution < -0.4 is 5.73 Å². The number of hydrogen-bond acceptors (Lipinski definition) is 3. The molecule has 2 atom stereocenters. The van der Waals surface area contributed by atoms with Gasteiger partial charge in [-0.15, -0.1) is 0 Å². The third-order valence-electron chi connectivity index (χ3n) is 3.63. The van der Waals surface area contributed by atoms with E-state index in [1.165, 1.54) is 11.1 Å². The summed E-state index contributed by atoms with van der Waals surface area (Å²) in [7, 11) is 1.66.